The second-order valence-electron chi connectivity index (χ2n) is 20.4. The number of aryl methyl sites for hydroxylation is 3. The molecule has 0 saturated heterocycles. The van der Waals surface area contributed by atoms with E-state index in [0.29, 0.717) is 0 Å². The van der Waals surface area contributed by atoms with Gasteiger partial charge in [-0.2, -0.15) is 0 Å². The minimum absolute atomic E-state index is 0.0662. The molecule has 0 amide bonds. The first kappa shape index (κ1) is 45.3. The highest BCUT2D eigenvalue weighted by atomic mass is 15.2. The normalized spacial score (nSPS) is 12.8. The quantitative estimate of drug-likeness (QED) is 0.155. The molecule has 1 aliphatic rings. The Morgan fingerprint density at radius 3 is 1.32 bits per heavy atom. The molecule has 2 heterocycles. The molecule has 2 heteroatoms. The molecule has 0 bridgehead atoms. The van der Waals surface area contributed by atoms with E-state index in [1.807, 2.05) is 0 Å². The van der Waals surface area contributed by atoms with Crippen molar-refractivity contribution < 1.29 is 0 Å². The number of hydrogen-bond acceptors (Lipinski definition) is 1. The molecule has 12 rings (SSSR count). The van der Waals surface area contributed by atoms with Gasteiger partial charge in [-0.1, -0.05) is 209 Å². The summed E-state index contributed by atoms with van der Waals surface area (Å²) < 4.78 is 2.43. The number of nitrogens with zero attached hydrogens (tertiary/aromatic N) is 2. The molecule has 0 N–H and O–H groups in total. The van der Waals surface area contributed by atoms with E-state index in [2.05, 4.69) is 295 Å². The van der Waals surface area contributed by atoms with E-state index >= 15 is 0 Å². The Bertz CT molecular complexity index is 3660. The Morgan fingerprint density at radius 2 is 0.775 bits per heavy atom. The summed E-state index contributed by atoms with van der Waals surface area (Å²) in [6.07, 6.45) is 0. The topological polar surface area (TPSA) is 8.17 Å². The number of benzene rings is 10. The van der Waals surface area contributed by atoms with Gasteiger partial charge in [0.25, 0.3) is 0 Å². The molecule has 1 aliphatic heterocycles. The van der Waals surface area contributed by atoms with E-state index in [1.165, 1.54) is 106 Å². The minimum Gasteiger partial charge on any atom is -0.310 e. The van der Waals surface area contributed by atoms with Crippen LogP contribution in [0.1, 0.15) is 66.6 Å². The number of rotatable bonds is 7. The van der Waals surface area contributed by atoms with Gasteiger partial charge >= 0.3 is 0 Å². The van der Waals surface area contributed by atoms with Crippen molar-refractivity contribution in [3.05, 3.63) is 276 Å². The second-order valence-corrected chi connectivity index (χ2v) is 20.4. The van der Waals surface area contributed by atoms with Gasteiger partial charge in [0.05, 0.1) is 22.4 Å². The van der Waals surface area contributed by atoms with Gasteiger partial charge in [-0.3, -0.25) is 0 Å². The van der Waals surface area contributed by atoms with Crippen molar-refractivity contribution in [2.45, 2.75) is 59.3 Å². The van der Waals surface area contributed by atoms with Crippen LogP contribution in [-0.4, -0.2) is 4.57 Å². The molecule has 0 unspecified atom stereocenters. The summed E-state index contributed by atoms with van der Waals surface area (Å²) in [5.41, 5.74) is 23.9. The highest BCUT2D eigenvalue weighted by Crippen LogP contribution is 2.52. The fraction of sp³-hybridized carbons (Fsp3) is 0.130. The molecule has 10 aromatic carbocycles. The fourth-order valence-corrected chi connectivity index (χ4v) is 11.4. The predicted octanol–water partition coefficient (Wildman–Crippen LogP) is 18.8. The SMILES string of the molecule is Cc1cccc(-c2ccc3c(c2)c2cc(-c4cccc(N5c6ccccc6C(C)(C)c6ccccc65)c4)ccc2n3-c2cccc(-c3ccccc3)c2)c1.Cc1ccccc1C(C)(C)c1ccccc1C. The lowest BCUT2D eigenvalue weighted by Crippen LogP contribution is -2.30. The van der Waals surface area contributed by atoms with Crippen molar-refractivity contribution in [2.75, 3.05) is 4.90 Å². The van der Waals surface area contributed by atoms with Crippen LogP contribution >= 0.6 is 0 Å². The highest BCUT2D eigenvalue weighted by Gasteiger charge is 2.36. The molecule has 346 valence electrons. The van der Waals surface area contributed by atoms with Gasteiger partial charge in [-0.25, -0.2) is 0 Å². The lowest BCUT2D eigenvalue weighted by atomic mass is 9.73. The van der Waals surface area contributed by atoms with E-state index < -0.39 is 0 Å². The first-order valence-electron chi connectivity index (χ1n) is 25.0. The monoisotopic (exact) mass is 916 g/mol. The van der Waals surface area contributed by atoms with E-state index in [1.54, 1.807) is 0 Å². The predicted molar refractivity (Wildman–Crippen MR) is 303 cm³/mol. The Kier molecular flexibility index (Phi) is 11.7. The number of aromatic nitrogens is 1. The summed E-state index contributed by atoms with van der Waals surface area (Å²) in [6, 6.07) is 86.4. The molecule has 71 heavy (non-hydrogen) atoms. The minimum atomic E-state index is -0.0988. The average molecular weight is 917 g/mol. The van der Waals surface area contributed by atoms with Crippen LogP contribution in [0.5, 0.6) is 0 Å². The maximum atomic E-state index is 2.44. The number of anilines is 3. The number of fused-ring (bicyclic) bond motifs is 5. The summed E-state index contributed by atoms with van der Waals surface area (Å²) >= 11 is 0. The molecule has 0 spiro atoms. The Labute approximate surface area is 420 Å². The molecule has 0 fully saturated rings. The van der Waals surface area contributed by atoms with Crippen LogP contribution in [0.3, 0.4) is 0 Å². The molecule has 0 radical (unpaired) electrons. The van der Waals surface area contributed by atoms with E-state index in [-0.39, 0.29) is 10.8 Å². The molecule has 11 aromatic rings. The van der Waals surface area contributed by atoms with E-state index in [0.717, 1.165) is 11.4 Å². The summed E-state index contributed by atoms with van der Waals surface area (Å²) in [6.45, 7) is 15.8. The lowest BCUT2D eigenvalue weighted by Gasteiger charge is -2.42. The van der Waals surface area contributed by atoms with Crippen LogP contribution in [0.25, 0.3) is 60.9 Å². The molecule has 2 nitrogen and oxygen atoms in total. The zero-order valence-electron chi connectivity index (χ0n) is 41.9. The van der Waals surface area contributed by atoms with Gasteiger partial charge in [-0.05, 0) is 148 Å². The van der Waals surface area contributed by atoms with Gasteiger partial charge in [0.2, 0.25) is 0 Å². The number of para-hydroxylation sites is 2. The highest BCUT2D eigenvalue weighted by molar-refractivity contribution is 6.12. The second kappa shape index (κ2) is 18.3. The molecule has 1 aromatic heterocycles. The van der Waals surface area contributed by atoms with E-state index in [9.17, 15) is 0 Å². The van der Waals surface area contributed by atoms with Crippen LogP contribution in [0, 0.1) is 20.8 Å². The summed E-state index contributed by atoms with van der Waals surface area (Å²) in [4.78, 5) is 2.44. The van der Waals surface area contributed by atoms with E-state index in [4.69, 9.17) is 0 Å². The largest absolute Gasteiger partial charge is 0.310 e. The summed E-state index contributed by atoms with van der Waals surface area (Å²) in [5.74, 6) is 0. The van der Waals surface area contributed by atoms with Crippen LogP contribution < -0.4 is 4.90 Å². The Balaban J connectivity index is 0.000000273. The van der Waals surface area contributed by atoms with Gasteiger partial charge in [0.1, 0.15) is 0 Å². The molecular weight excluding hydrogens is 857 g/mol. The summed E-state index contributed by atoms with van der Waals surface area (Å²) in [7, 11) is 0. The third-order valence-electron chi connectivity index (χ3n) is 15.0. The van der Waals surface area contributed by atoms with Crippen molar-refractivity contribution in [3.63, 3.8) is 0 Å². The van der Waals surface area contributed by atoms with Crippen molar-refractivity contribution >= 4 is 38.9 Å². The Morgan fingerprint density at radius 1 is 0.352 bits per heavy atom. The fourth-order valence-electron chi connectivity index (χ4n) is 11.4. The van der Waals surface area contributed by atoms with Crippen LogP contribution in [0.2, 0.25) is 0 Å². The van der Waals surface area contributed by atoms with Crippen LogP contribution in [0.4, 0.5) is 17.1 Å². The first-order valence-corrected chi connectivity index (χ1v) is 25.0. The van der Waals surface area contributed by atoms with Gasteiger partial charge in [-0.15, -0.1) is 0 Å². The zero-order valence-corrected chi connectivity index (χ0v) is 41.9. The van der Waals surface area contributed by atoms with Crippen LogP contribution in [-0.2, 0) is 10.8 Å². The average Bonchev–Trinajstić information content (AvgIpc) is 3.73. The van der Waals surface area contributed by atoms with Crippen molar-refractivity contribution in [1.29, 1.82) is 0 Å². The number of hydrogen-bond donors (Lipinski definition) is 0. The third-order valence-corrected chi connectivity index (χ3v) is 15.0. The van der Waals surface area contributed by atoms with Crippen molar-refractivity contribution in [2.24, 2.45) is 0 Å². The van der Waals surface area contributed by atoms with Crippen LogP contribution in [0.15, 0.2) is 237 Å². The molecular formula is C69H60N2. The van der Waals surface area contributed by atoms with Gasteiger partial charge in [0.15, 0.2) is 0 Å². The standard InChI is InChI=1S/C52H40N2.C17H20/c1-35-14-11-17-37(30-35)40-26-28-48-44(33-40)45-34-41(27-29-49(45)53(48)42-20-12-18-38(31-42)36-15-5-4-6-16-36)39-19-13-21-43(32-39)54-50-24-9-7-22-46(50)52(2,3)47-23-8-10-25-51(47)54;1-13-9-5-7-11-15(13)17(3,4)16-12-8-6-10-14(16)2/h4-34H,1-3H3;5-12H,1-4H3. The first-order chi connectivity index (χ1) is 34.5. The molecule has 0 aliphatic carbocycles. The lowest BCUT2D eigenvalue weighted by molar-refractivity contribution is 0.631. The third kappa shape index (κ3) is 8.24. The zero-order chi connectivity index (χ0) is 48.9. The maximum absolute atomic E-state index is 2.44. The summed E-state index contributed by atoms with van der Waals surface area (Å²) in [5, 5.41) is 2.48. The van der Waals surface area contributed by atoms with Crippen molar-refractivity contribution in [3.8, 4) is 39.1 Å². The smallest absolute Gasteiger partial charge is 0.0541 e. The molecule has 0 atom stereocenters. The maximum Gasteiger partial charge on any atom is 0.0541 e. The Hall–Kier alpha value is -8.20. The molecule has 0 saturated carbocycles. The van der Waals surface area contributed by atoms with Gasteiger partial charge < -0.3 is 9.47 Å². The van der Waals surface area contributed by atoms with Gasteiger partial charge in [0, 0.05) is 33.0 Å². The van der Waals surface area contributed by atoms with Crippen molar-refractivity contribution in [1.82, 2.24) is 4.57 Å².